The van der Waals surface area contributed by atoms with E-state index >= 15 is 0 Å². The summed E-state index contributed by atoms with van der Waals surface area (Å²) in [6.07, 6.45) is 4.71. The van der Waals surface area contributed by atoms with E-state index in [4.69, 9.17) is 4.79 Å². The van der Waals surface area contributed by atoms with Gasteiger partial charge >= 0.3 is 5.97 Å². The third-order valence-corrected chi connectivity index (χ3v) is 0.724. The van der Waals surface area contributed by atoms with Crippen molar-refractivity contribution in [1.82, 2.24) is 0 Å². The number of hydrogen-bond donors (Lipinski definition) is 0. The second kappa shape index (κ2) is 11.4. The van der Waals surface area contributed by atoms with E-state index in [0.717, 1.165) is 6.08 Å². The minimum atomic E-state index is -0.381. The largest absolute Gasteiger partial charge is 0.458 e. The summed E-state index contributed by atoms with van der Waals surface area (Å²) in [5, 5.41) is 0. The van der Waals surface area contributed by atoms with Crippen LogP contribution in [0.5, 0.6) is 0 Å². The predicted molar refractivity (Wildman–Crippen MR) is 43.1 cm³/mol. The van der Waals surface area contributed by atoms with Gasteiger partial charge in [0.1, 0.15) is 13.4 Å². The van der Waals surface area contributed by atoms with E-state index in [1.54, 1.807) is 6.08 Å². The molecule has 0 aliphatic rings. The third-order valence-electron chi connectivity index (χ3n) is 0.724. The fourth-order valence-electron chi connectivity index (χ4n) is 0.285. The summed E-state index contributed by atoms with van der Waals surface area (Å²) in [7, 11) is 0. The zero-order valence-electron chi connectivity index (χ0n) is 6.58. The molecule has 0 N–H and O–H groups in total. The molecule has 0 aromatic carbocycles. The molecule has 0 amide bonds. The van der Waals surface area contributed by atoms with Gasteiger partial charge in [-0.15, -0.1) is 0 Å². The lowest BCUT2D eigenvalue weighted by molar-refractivity contribution is -0.136. The van der Waals surface area contributed by atoms with Gasteiger partial charge in [-0.25, -0.2) is 4.79 Å². The van der Waals surface area contributed by atoms with Gasteiger partial charge < -0.3 is 9.53 Å². The predicted octanol–water partition coefficient (Wildman–Crippen LogP) is 1.11. The van der Waals surface area contributed by atoms with Crippen LogP contribution in [-0.2, 0) is 14.3 Å². The van der Waals surface area contributed by atoms with Gasteiger partial charge in [-0.1, -0.05) is 18.7 Å². The molecule has 0 bridgehead atoms. The first kappa shape index (κ1) is 12.3. The molecule has 62 valence electrons. The number of allylic oxidation sites excluding steroid dienone is 1. The van der Waals surface area contributed by atoms with Crippen molar-refractivity contribution >= 4 is 12.8 Å². The lowest BCUT2D eigenvalue weighted by Crippen LogP contribution is -1.98. The average Bonchev–Trinajstić information content (AvgIpc) is 2.08. The Balaban J connectivity index is 0. The molecule has 3 heteroatoms. The molecule has 0 spiro atoms. The van der Waals surface area contributed by atoms with E-state index in [9.17, 15) is 4.79 Å². The number of carbonyl (C=O) groups is 2. The molecule has 0 aliphatic carbocycles. The number of ether oxygens (including phenoxy) is 1. The Hall–Kier alpha value is -1.38. The fourth-order valence-corrected chi connectivity index (χ4v) is 0.285. The monoisotopic (exact) mass is 156 g/mol. The van der Waals surface area contributed by atoms with E-state index in [2.05, 4.69) is 11.3 Å². The first-order valence-corrected chi connectivity index (χ1v) is 3.00. The van der Waals surface area contributed by atoms with Gasteiger partial charge in [0, 0.05) is 6.08 Å². The molecule has 0 aliphatic heterocycles. The molecule has 0 fully saturated rings. The van der Waals surface area contributed by atoms with Crippen molar-refractivity contribution in [3.8, 4) is 0 Å². The van der Waals surface area contributed by atoms with Crippen molar-refractivity contribution in [2.75, 3.05) is 6.61 Å². The molecule has 3 nitrogen and oxygen atoms in total. The van der Waals surface area contributed by atoms with Crippen molar-refractivity contribution in [3.63, 3.8) is 0 Å². The quantitative estimate of drug-likeness (QED) is 0.349. The maximum atomic E-state index is 10.3. The topological polar surface area (TPSA) is 43.4 Å². The van der Waals surface area contributed by atoms with Crippen molar-refractivity contribution < 1.29 is 14.3 Å². The molecule has 0 aromatic heterocycles. The fraction of sp³-hybridized carbons (Fsp3) is 0.250. The Kier molecular flexibility index (Phi) is 12.8. The van der Waals surface area contributed by atoms with E-state index < -0.39 is 0 Å². The SMILES string of the molecule is C=CC(=O)OCC=CC.C=O. The van der Waals surface area contributed by atoms with Gasteiger partial charge in [0.25, 0.3) is 0 Å². The van der Waals surface area contributed by atoms with Crippen LogP contribution in [0.2, 0.25) is 0 Å². The second-order valence-electron chi connectivity index (χ2n) is 1.40. The molecule has 0 unspecified atom stereocenters. The van der Waals surface area contributed by atoms with Gasteiger partial charge in [0.05, 0.1) is 0 Å². The smallest absolute Gasteiger partial charge is 0.330 e. The van der Waals surface area contributed by atoms with Crippen LogP contribution in [0.4, 0.5) is 0 Å². The van der Waals surface area contributed by atoms with Gasteiger partial charge in [0.2, 0.25) is 0 Å². The van der Waals surface area contributed by atoms with E-state index in [1.807, 2.05) is 19.8 Å². The van der Waals surface area contributed by atoms with Crippen LogP contribution < -0.4 is 0 Å². The summed E-state index contributed by atoms with van der Waals surface area (Å²) in [6, 6.07) is 0. The van der Waals surface area contributed by atoms with Crippen LogP contribution in [0.25, 0.3) is 0 Å². The van der Waals surface area contributed by atoms with Crippen LogP contribution in [0.3, 0.4) is 0 Å². The van der Waals surface area contributed by atoms with Crippen LogP contribution in [0.1, 0.15) is 6.92 Å². The first-order chi connectivity index (χ1) is 5.31. The maximum absolute atomic E-state index is 10.3. The van der Waals surface area contributed by atoms with Crippen LogP contribution in [0.15, 0.2) is 24.8 Å². The molecular weight excluding hydrogens is 144 g/mol. The molecule has 0 rings (SSSR count). The van der Waals surface area contributed by atoms with E-state index in [0.29, 0.717) is 6.61 Å². The summed E-state index contributed by atoms with van der Waals surface area (Å²) in [4.78, 5) is 18.3. The highest BCUT2D eigenvalue weighted by Gasteiger charge is 1.88. The minimum Gasteiger partial charge on any atom is -0.458 e. The minimum absolute atomic E-state index is 0.335. The Morgan fingerprint density at radius 2 is 2.09 bits per heavy atom. The van der Waals surface area contributed by atoms with Crippen molar-refractivity contribution in [1.29, 1.82) is 0 Å². The normalized spacial score (nSPS) is 8.09. The lowest BCUT2D eigenvalue weighted by atomic mass is 10.5. The van der Waals surface area contributed by atoms with Crippen molar-refractivity contribution in [3.05, 3.63) is 24.8 Å². The zero-order chi connectivity index (χ0) is 9.11. The molecule has 0 radical (unpaired) electrons. The van der Waals surface area contributed by atoms with Crippen molar-refractivity contribution in [2.45, 2.75) is 6.92 Å². The van der Waals surface area contributed by atoms with Crippen LogP contribution >= 0.6 is 0 Å². The van der Waals surface area contributed by atoms with E-state index in [1.165, 1.54) is 0 Å². The van der Waals surface area contributed by atoms with Crippen LogP contribution in [-0.4, -0.2) is 19.4 Å². The van der Waals surface area contributed by atoms with Crippen molar-refractivity contribution in [2.24, 2.45) is 0 Å². The Bertz CT molecular complexity index is 138. The summed E-state index contributed by atoms with van der Waals surface area (Å²) in [5.41, 5.74) is 0. The molecule has 0 heterocycles. The van der Waals surface area contributed by atoms with Gasteiger partial charge in [-0.05, 0) is 6.92 Å². The molecule has 11 heavy (non-hydrogen) atoms. The molecule has 0 aromatic rings. The number of rotatable bonds is 3. The van der Waals surface area contributed by atoms with E-state index in [-0.39, 0.29) is 5.97 Å². The number of carbonyl (C=O) groups excluding carboxylic acids is 2. The van der Waals surface area contributed by atoms with Gasteiger partial charge in [-0.2, -0.15) is 0 Å². The summed E-state index contributed by atoms with van der Waals surface area (Å²) in [6.45, 7) is 7.44. The lowest BCUT2D eigenvalue weighted by Gasteiger charge is -1.93. The first-order valence-electron chi connectivity index (χ1n) is 3.00. The molecule has 0 saturated carbocycles. The number of esters is 1. The Labute approximate surface area is 66.4 Å². The third kappa shape index (κ3) is 12.0. The maximum Gasteiger partial charge on any atom is 0.330 e. The summed E-state index contributed by atoms with van der Waals surface area (Å²) >= 11 is 0. The van der Waals surface area contributed by atoms with Crippen LogP contribution in [0, 0.1) is 0 Å². The highest BCUT2D eigenvalue weighted by Crippen LogP contribution is 1.79. The molecule has 0 saturated heterocycles. The zero-order valence-corrected chi connectivity index (χ0v) is 6.58. The molecular formula is C8H12O3. The Morgan fingerprint density at radius 3 is 2.45 bits per heavy atom. The average molecular weight is 156 g/mol. The highest BCUT2D eigenvalue weighted by molar-refractivity contribution is 5.81. The second-order valence-corrected chi connectivity index (χ2v) is 1.40. The number of hydrogen-bond acceptors (Lipinski definition) is 3. The summed E-state index contributed by atoms with van der Waals surface area (Å²) < 4.78 is 4.59. The highest BCUT2D eigenvalue weighted by atomic mass is 16.5. The Morgan fingerprint density at radius 1 is 1.55 bits per heavy atom. The van der Waals surface area contributed by atoms with Gasteiger partial charge in [-0.3, -0.25) is 0 Å². The molecule has 0 atom stereocenters. The standard InChI is InChI=1S/C7H10O2.CH2O/c1-3-5-6-9-7(8)4-2;1-2/h3-5H,2,6H2,1H3;1H2. The summed E-state index contributed by atoms with van der Waals surface area (Å²) in [5.74, 6) is -0.381. The van der Waals surface area contributed by atoms with Gasteiger partial charge in [0.15, 0.2) is 0 Å².